The van der Waals surface area contributed by atoms with Crippen LogP contribution in [0.2, 0.25) is 0 Å². The predicted octanol–water partition coefficient (Wildman–Crippen LogP) is 2.62. The van der Waals surface area contributed by atoms with Gasteiger partial charge in [-0.2, -0.15) is 0 Å². The van der Waals surface area contributed by atoms with Crippen molar-refractivity contribution in [3.8, 4) is 5.75 Å². The van der Waals surface area contributed by atoms with Crippen LogP contribution in [0.4, 0.5) is 0 Å². The van der Waals surface area contributed by atoms with Gasteiger partial charge in [-0.3, -0.25) is 0 Å². The van der Waals surface area contributed by atoms with Gasteiger partial charge >= 0.3 is 0 Å². The zero-order chi connectivity index (χ0) is 11.6. The predicted molar refractivity (Wildman–Crippen MR) is 61.8 cm³/mol. The number of phenols is 1. The third-order valence-corrected chi connectivity index (χ3v) is 4.70. The highest BCUT2D eigenvalue weighted by Gasteiger charge is 2.21. The Bertz CT molecular complexity index is 498. The van der Waals surface area contributed by atoms with Crippen molar-refractivity contribution in [3.63, 3.8) is 0 Å². The van der Waals surface area contributed by atoms with Gasteiger partial charge in [0.2, 0.25) is 9.84 Å². The van der Waals surface area contributed by atoms with E-state index in [1.807, 2.05) is 6.08 Å². The summed E-state index contributed by atoms with van der Waals surface area (Å²) in [5.41, 5.74) is 0. The number of rotatable bonds is 2. The Hall–Kier alpha value is -1.29. The van der Waals surface area contributed by atoms with Gasteiger partial charge in [0.25, 0.3) is 0 Å². The standard InChI is InChI=1S/C12H14O3S/c13-10-6-8-12(9-7-10)16(14,15)11-4-2-1-3-5-11/h4,6-9,13H,1-3,5H2. The summed E-state index contributed by atoms with van der Waals surface area (Å²) in [5.74, 6) is 0.0802. The minimum Gasteiger partial charge on any atom is -0.508 e. The van der Waals surface area contributed by atoms with Crippen molar-refractivity contribution in [1.82, 2.24) is 0 Å². The Morgan fingerprint density at radius 1 is 1.06 bits per heavy atom. The Morgan fingerprint density at radius 2 is 1.75 bits per heavy atom. The fourth-order valence-electron chi connectivity index (χ4n) is 1.83. The van der Waals surface area contributed by atoms with E-state index in [1.165, 1.54) is 24.3 Å². The molecule has 0 radical (unpaired) electrons. The van der Waals surface area contributed by atoms with Crippen LogP contribution in [0.3, 0.4) is 0 Å². The van der Waals surface area contributed by atoms with Crippen LogP contribution in [-0.2, 0) is 9.84 Å². The highest BCUT2D eigenvalue weighted by molar-refractivity contribution is 7.95. The molecule has 0 bridgehead atoms. The van der Waals surface area contributed by atoms with E-state index in [9.17, 15) is 8.42 Å². The highest BCUT2D eigenvalue weighted by atomic mass is 32.2. The smallest absolute Gasteiger partial charge is 0.202 e. The maximum Gasteiger partial charge on any atom is 0.202 e. The second kappa shape index (κ2) is 4.29. The van der Waals surface area contributed by atoms with Crippen LogP contribution in [0.1, 0.15) is 25.7 Å². The maximum absolute atomic E-state index is 12.1. The molecule has 0 aliphatic heterocycles. The Morgan fingerprint density at radius 3 is 2.31 bits per heavy atom. The molecular weight excluding hydrogens is 224 g/mol. The molecule has 0 spiro atoms. The molecule has 1 N–H and O–H groups in total. The van der Waals surface area contributed by atoms with Crippen molar-refractivity contribution in [3.05, 3.63) is 35.2 Å². The largest absolute Gasteiger partial charge is 0.508 e. The van der Waals surface area contributed by atoms with E-state index in [2.05, 4.69) is 0 Å². The minimum absolute atomic E-state index is 0.0802. The molecule has 0 unspecified atom stereocenters. The quantitative estimate of drug-likeness (QED) is 0.861. The first-order valence-electron chi connectivity index (χ1n) is 5.34. The minimum atomic E-state index is -3.33. The number of benzene rings is 1. The molecule has 0 aromatic heterocycles. The molecule has 1 aromatic rings. The van der Waals surface area contributed by atoms with Gasteiger partial charge in [-0.05, 0) is 49.9 Å². The third-order valence-electron chi connectivity index (χ3n) is 2.74. The first-order chi connectivity index (χ1) is 7.60. The lowest BCUT2D eigenvalue weighted by Gasteiger charge is -2.13. The Kier molecular flexibility index (Phi) is 3.01. The summed E-state index contributed by atoms with van der Waals surface area (Å²) in [7, 11) is -3.33. The van der Waals surface area contributed by atoms with Gasteiger partial charge < -0.3 is 5.11 Å². The molecule has 0 amide bonds. The number of allylic oxidation sites excluding steroid dienone is 2. The molecule has 2 rings (SSSR count). The summed E-state index contributed by atoms with van der Waals surface area (Å²) >= 11 is 0. The number of sulfone groups is 1. The topological polar surface area (TPSA) is 54.4 Å². The van der Waals surface area contributed by atoms with Crippen molar-refractivity contribution in [2.45, 2.75) is 30.6 Å². The lowest BCUT2D eigenvalue weighted by Crippen LogP contribution is -2.07. The number of hydrogen-bond donors (Lipinski definition) is 1. The van der Waals surface area contributed by atoms with E-state index in [0.29, 0.717) is 11.3 Å². The fraction of sp³-hybridized carbons (Fsp3) is 0.333. The first-order valence-corrected chi connectivity index (χ1v) is 6.82. The van der Waals surface area contributed by atoms with Crippen molar-refractivity contribution in [1.29, 1.82) is 0 Å². The van der Waals surface area contributed by atoms with Crippen LogP contribution in [-0.4, -0.2) is 13.5 Å². The average molecular weight is 238 g/mol. The summed E-state index contributed by atoms with van der Waals surface area (Å²) < 4.78 is 24.3. The second-order valence-electron chi connectivity index (χ2n) is 3.91. The zero-order valence-electron chi connectivity index (χ0n) is 8.89. The second-order valence-corrected chi connectivity index (χ2v) is 5.92. The lowest BCUT2D eigenvalue weighted by molar-refractivity contribution is 0.475. The van der Waals surface area contributed by atoms with E-state index in [0.717, 1.165) is 19.3 Å². The molecule has 0 fully saturated rings. The summed E-state index contributed by atoms with van der Waals surface area (Å²) in [6.07, 6.45) is 5.28. The number of hydrogen-bond acceptors (Lipinski definition) is 3. The molecular formula is C12H14O3S. The SMILES string of the molecule is O=S(=O)(C1=CCCCC1)c1ccc(O)cc1. The number of aromatic hydroxyl groups is 1. The van der Waals surface area contributed by atoms with Gasteiger partial charge in [0.15, 0.2) is 0 Å². The molecule has 0 saturated heterocycles. The third kappa shape index (κ3) is 2.11. The molecule has 0 heterocycles. The van der Waals surface area contributed by atoms with E-state index >= 15 is 0 Å². The van der Waals surface area contributed by atoms with Crippen LogP contribution in [0.5, 0.6) is 5.75 Å². The van der Waals surface area contributed by atoms with E-state index in [4.69, 9.17) is 5.11 Å². The maximum atomic E-state index is 12.1. The Balaban J connectivity index is 2.38. The van der Waals surface area contributed by atoms with E-state index in [1.54, 1.807) is 0 Å². The molecule has 16 heavy (non-hydrogen) atoms. The van der Waals surface area contributed by atoms with Gasteiger partial charge in [0.05, 0.1) is 4.90 Å². The van der Waals surface area contributed by atoms with Gasteiger partial charge in [-0.15, -0.1) is 0 Å². The monoisotopic (exact) mass is 238 g/mol. The van der Waals surface area contributed by atoms with Crippen LogP contribution >= 0.6 is 0 Å². The summed E-state index contributed by atoms with van der Waals surface area (Å²) in [5, 5.41) is 9.12. The lowest BCUT2D eigenvalue weighted by atomic mass is 10.1. The fourth-order valence-corrected chi connectivity index (χ4v) is 3.38. The van der Waals surface area contributed by atoms with Crippen molar-refractivity contribution < 1.29 is 13.5 Å². The summed E-state index contributed by atoms with van der Waals surface area (Å²) in [4.78, 5) is 0.780. The molecule has 86 valence electrons. The normalized spacial score (nSPS) is 16.9. The van der Waals surface area contributed by atoms with Crippen molar-refractivity contribution in [2.24, 2.45) is 0 Å². The Labute approximate surface area is 95.3 Å². The molecule has 3 nitrogen and oxygen atoms in total. The van der Waals surface area contributed by atoms with Crippen molar-refractivity contribution >= 4 is 9.84 Å². The number of phenolic OH excluding ortho intramolecular Hbond substituents is 1. The van der Waals surface area contributed by atoms with Crippen molar-refractivity contribution in [2.75, 3.05) is 0 Å². The zero-order valence-corrected chi connectivity index (χ0v) is 9.70. The van der Waals surface area contributed by atoms with Gasteiger partial charge in [0.1, 0.15) is 5.75 Å². The molecule has 4 heteroatoms. The summed E-state index contributed by atoms with van der Waals surface area (Å²) in [6.45, 7) is 0. The molecule has 1 aliphatic rings. The van der Waals surface area contributed by atoms with E-state index < -0.39 is 9.84 Å². The molecule has 0 atom stereocenters. The van der Waals surface area contributed by atoms with Crippen LogP contribution in [0.25, 0.3) is 0 Å². The van der Waals surface area contributed by atoms with Gasteiger partial charge in [-0.1, -0.05) is 6.08 Å². The molecule has 1 aromatic carbocycles. The van der Waals surface area contributed by atoms with Crippen LogP contribution in [0.15, 0.2) is 40.1 Å². The van der Waals surface area contributed by atoms with Gasteiger partial charge in [0, 0.05) is 4.91 Å². The summed E-state index contributed by atoms with van der Waals surface area (Å²) in [6, 6.07) is 5.69. The molecule has 1 aliphatic carbocycles. The average Bonchev–Trinajstić information content (AvgIpc) is 2.31. The van der Waals surface area contributed by atoms with Crippen LogP contribution < -0.4 is 0 Å². The first kappa shape index (κ1) is 11.2. The van der Waals surface area contributed by atoms with Gasteiger partial charge in [-0.25, -0.2) is 8.42 Å². The molecule has 0 saturated carbocycles. The van der Waals surface area contributed by atoms with E-state index in [-0.39, 0.29) is 10.6 Å². The van der Waals surface area contributed by atoms with Crippen LogP contribution in [0, 0.1) is 0 Å². The highest BCUT2D eigenvalue weighted by Crippen LogP contribution is 2.28.